The van der Waals surface area contributed by atoms with Gasteiger partial charge in [-0.2, -0.15) is 9.49 Å². The summed E-state index contributed by atoms with van der Waals surface area (Å²) in [5.74, 6) is -0.212. The molecule has 1 heterocycles. The Morgan fingerprint density at radius 3 is 2.86 bits per heavy atom. The van der Waals surface area contributed by atoms with Crippen LogP contribution in [0.4, 0.5) is 4.39 Å². The van der Waals surface area contributed by atoms with Crippen molar-refractivity contribution < 1.29 is 4.39 Å². The van der Waals surface area contributed by atoms with Crippen LogP contribution in [-0.4, -0.2) is 16.3 Å². The second-order valence-electron chi connectivity index (χ2n) is 3.31. The highest BCUT2D eigenvalue weighted by atomic mass is 19.1. The molecule has 4 heteroatoms. The van der Waals surface area contributed by atoms with Gasteiger partial charge in [-0.1, -0.05) is 13.3 Å². The number of hydrogen-bond donors (Lipinski definition) is 1. The van der Waals surface area contributed by atoms with Gasteiger partial charge in [-0.15, -0.1) is 0 Å². The minimum absolute atomic E-state index is 0.212. The molecule has 0 amide bonds. The van der Waals surface area contributed by atoms with Crippen LogP contribution in [0.1, 0.15) is 32.3 Å². The molecule has 14 heavy (non-hydrogen) atoms. The van der Waals surface area contributed by atoms with E-state index in [2.05, 4.69) is 17.3 Å². The van der Waals surface area contributed by atoms with E-state index in [1.165, 1.54) is 4.68 Å². The Hall–Kier alpha value is -0.900. The van der Waals surface area contributed by atoms with Gasteiger partial charge in [0, 0.05) is 18.7 Å². The maximum absolute atomic E-state index is 13.4. The largest absolute Gasteiger partial charge is 0.312 e. The van der Waals surface area contributed by atoms with Gasteiger partial charge in [-0.05, 0) is 19.9 Å². The van der Waals surface area contributed by atoms with Crippen molar-refractivity contribution in [2.45, 2.75) is 39.8 Å². The number of halogens is 1. The lowest BCUT2D eigenvalue weighted by molar-refractivity contribution is 0.460. The molecule has 0 aliphatic rings. The molecule has 3 nitrogen and oxygen atoms in total. The van der Waals surface area contributed by atoms with E-state index in [0.29, 0.717) is 18.7 Å². The lowest BCUT2D eigenvalue weighted by atomic mass is 10.3. The lowest BCUT2D eigenvalue weighted by Gasteiger charge is -2.01. The summed E-state index contributed by atoms with van der Waals surface area (Å²) in [5, 5.41) is 7.12. The van der Waals surface area contributed by atoms with Crippen LogP contribution >= 0.6 is 0 Å². The topological polar surface area (TPSA) is 29.9 Å². The fraction of sp³-hybridized carbons (Fsp3) is 0.700. The van der Waals surface area contributed by atoms with Gasteiger partial charge in [0.15, 0.2) is 0 Å². The van der Waals surface area contributed by atoms with E-state index in [4.69, 9.17) is 0 Å². The van der Waals surface area contributed by atoms with Gasteiger partial charge < -0.3 is 5.32 Å². The van der Waals surface area contributed by atoms with Crippen LogP contribution in [0.3, 0.4) is 0 Å². The van der Waals surface area contributed by atoms with E-state index in [9.17, 15) is 4.39 Å². The Kier molecular flexibility index (Phi) is 4.59. The van der Waals surface area contributed by atoms with Crippen LogP contribution in [0.25, 0.3) is 0 Å². The maximum Gasteiger partial charge on any atom is 0.215 e. The van der Waals surface area contributed by atoms with Crippen LogP contribution < -0.4 is 5.32 Å². The summed E-state index contributed by atoms with van der Waals surface area (Å²) in [7, 11) is 0. The fourth-order valence-electron chi connectivity index (χ4n) is 1.27. The SMILES string of the molecule is CCCCNCc1cnn(CC)c1F. The van der Waals surface area contributed by atoms with Gasteiger partial charge in [-0.25, -0.2) is 4.68 Å². The van der Waals surface area contributed by atoms with Crippen molar-refractivity contribution in [1.29, 1.82) is 0 Å². The first-order valence-electron chi connectivity index (χ1n) is 5.20. The third-order valence-electron chi connectivity index (χ3n) is 2.17. The molecule has 1 aromatic rings. The number of rotatable bonds is 6. The van der Waals surface area contributed by atoms with Crippen molar-refractivity contribution in [3.05, 3.63) is 17.7 Å². The minimum Gasteiger partial charge on any atom is -0.312 e. The van der Waals surface area contributed by atoms with Gasteiger partial charge in [-0.3, -0.25) is 0 Å². The average Bonchev–Trinajstić information content (AvgIpc) is 2.55. The third kappa shape index (κ3) is 2.80. The van der Waals surface area contributed by atoms with Crippen molar-refractivity contribution >= 4 is 0 Å². The highest BCUT2D eigenvalue weighted by Crippen LogP contribution is 2.05. The monoisotopic (exact) mass is 199 g/mol. The zero-order valence-electron chi connectivity index (χ0n) is 8.89. The minimum atomic E-state index is -0.212. The van der Waals surface area contributed by atoms with E-state index in [-0.39, 0.29) is 5.95 Å². The van der Waals surface area contributed by atoms with E-state index in [0.717, 1.165) is 19.4 Å². The van der Waals surface area contributed by atoms with Crippen LogP contribution in [0, 0.1) is 5.95 Å². The molecule has 1 rings (SSSR count). The van der Waals surface area contributed by atoms with Crippen molar-refractivity contribution in [3.8, 4) is 0 Å². The Labute approximate surface area is 84.3 Å². The normalized spacial score (nSPS) is 10.8. The number of hydrogen-bond acceptors (Lipinski definition) is 2. The molecule has 80 valence electrons. The molecule has 1 aromatic heterocycles. The van der Waals surface area contributed by atoms with E-state index >= 15 is 0 Å². The zero-order valence-corrected chi connectivity index (χ0v) is 8.89. The summed E-state index contributed by atoms with van der Waals surface area (Å²) in [6.45, 7) is 6.11. The lowest BCUT2D eigenvalue weighted by Crippen LogP contribution is -2.15. The molecular formula is C10H18FN3. The first-order chi connectivity index (χ1) is 6.79. The Morgan fingerprint density at radius 1 is 1.50 bits per heavy atom. The fourth-order valence-corrected chi connectivity index (χ4v) is 1.27. The van der Waals surface area contributed by atoms with Crippen molar-refractivity contribution in [2.75, 3.05) is 6.54 Å². The van der Waals surface area contributed by atoms with Gasteiger partial charge in [0.25, 0.3) is 0 Å². The predicted molar refractivity (Wildman–Crippen MR) is 54.5 cm³/mol. The average molecular weight is 199 g/mol. The van der Waals surface area contributed by atoms with Crippen LogP contribution in [0.5, 0.6) is 0 Å². The quantitative estimate of drug-likeness (QED) is 0.709. The predicted octanol–water partition coefficient (Wildman–Crippen LogP) is 1.93. The molecule has 0 atom stereocenters. The maximum atomic E-state index is 13.4. The molecule has 0 bridgehead atoms. The van der Waals surface area contributed by atoms with Crippen molar-refractivity contribution in [3.63, 3.8) is 0 Å². The molecule has 0 saturated heterocycles. The summed E-state index contributed by atoms with van der Waals surface area (Å²) >= 11 is 0. The molecule has 0 unspecified atom stereocenters. The van der Waals surface area contributed by atoms with Gasteiger partial charge in [0.1, 0.15) is 0 Å². The summed E-state index contributed by atoms with van der Waals surface area (Å²) in [4.78, 5) is 0. The number of aromatic nitrogens is 2. The third-order valence-corrected chi connectivity index (χ3v) is 2.17. The summed E-state index contributed by atoms with van der Waals surface area (Å²) in [6, 6.07) is 0. The molecule has 0 aromatic carbocycles. The Morgan fingerprint density at radius 2 is 2.29 bits per heavy atom. The zero-order chi connectivity index (χ0) is 10.4. The van der Waals surface area contributed by atoms with Crippen molar-refractivity contribution in [1.82, 2.24) is 15.1 Å². The second kappa shape index (κ2) is 5.75. The number of nitrogens with zero attached hydrogens (tertiary/aromatic N) is 2. The molecular weight excluding hydrogens is 181 g/mol. The molecule has 1 N–H and O–H groups in total. The van der Waals surface area contributed by atoms with E-state index < -0.39 is 0 Å². The molecule has 0 saturated carbocycles. The van der Waals surface area contributed by atoms with Crippen molar-refractivity contribution in [2.24, 2.45) is 0 Å². The van der Waals surface area contributed by atoms with Crippen LogP contribution in [0.2, 0.25) is 0 Å². The van der Waals surface area contributed by atoms with Gasteiger partial charge >= 0.3 is 0 Å². The Bertz CT molecular complexity index is 270. The van der Waals surface area contributed by atoms with Gasteiger partial charge in [0.2, 0.25) is 5.95 Å². The van der Waals surface area contributed by atoms with Crippen LogP contribution in [0.15, 0.2) is 6.20 Å². The standard InChI is InChI=1S/C10H18FN3/c1-3-5-6-12-7-9-8-13-14(4-2)10(9)11/h8,12H,3-7H2,1-2H3. The van der Waals surface area contributed by atoms with E-state index in [1.54, 1.807) is 6.20 Å². The molecule has 0 fully saturated rings. The molecule has 0 aliphatic heterocycles. The first-order valence-corrected chi connectivity index (χ1v) is 5.20. The Balaban J connectivity index is 2.39. The van der Waals surface area contributed by atoms with Gasteiger partial charge in [0.05, 0.1) is 6.20 Å². The summed E-state index contributed by atoms with van der Waals surface area (Å²) in [5.41, 5.74) is 0.656. The summed E-state index contributed by atoms with van der Waals surface area (Å²) < 4.78 is 14.8. The number of unbranched alkanes of at least 4 members (excludes halogenated alkanes) is 1. The highest BCUT2D eigenvalue weighted by molar-refractivity contribution is 5.06. The van der Waals surface area contributed by atoms with Crippen LogP contribution in [-0.2, 0) is 13.1 Å². The highest BCUT2D eigenvalue weighted by Gasteiger charge is 2.07. The number of aryl methyl sites for hydroxylation is 1. The molecule has 0 aliphatic carbocycles. The number of nitrogens with one attached hydrogen (secondary N) is 1. The summed E-state index contributed by atoms with van der Waals surface area (Å²) in [6.07, 6.45) is 3.88. The second-order valence-corrected chi connectivity index (χ2v) is 3.31. The molecule has 0 radical (unpaired) electrons. The smallest absolute Gasteiger partial charge is 0.215 e. The molecule has 0 spiro atoms. The van der Waals surface area contributed by atoms with E-state index in [1.807, 2.05) is 6.92 Å². The first kappa shape index (κ1) is 11.2.